The second-order valence-electron chi connectivity index (χ2n) is 2.58. The Labute approximate surface area is 89.6 Å². The van der Waals surface area contributed by atoms with Gasteiger partial charge in [0.2, 0.25) is 6.29 Å². The number of halogens is 2. The zero-order valence-corrected chi connectivity index (χ0v) is 8.90. The first-order valence-electron chi connectivity index (χ1n) is 3.74. The van der Waals surface area contributed by atoms with Crippen molar-refractivity contribution < 1.29 is 9.47 Å². The molecular weight excluding hydrogens is 233 g/mol. The molecule has 1 aromatic rings. The van der Waals surface area contributed by atoms with E-state index in [0.717, 1.165) is 5.01 Å². The third kappa shape index (κ3) is 2.14. The molecule has 2 unspecified atom stereocenters. The van der Waals surface area contributed by atoms with E-state index in [1.54, 1.807) is 6.20 Å². The fourth-order valence-corrected chi connectivity index (χ4v) is 2.11. The molecule has 0 radical (unpaired) electrons. The maximum atomic E-state index is 5.73. The molecule has 1 aliphatic heterocycles. The van der Waals surface area contributed by atoms with E-state index in [4.69, 9.17) is 32.7 Å². The molecule has 6 heteroatoms. The van der Waals surface area contributed by atoms with E-state index in [2.05, 4.69) is 4.98 Å². The fourth-order valence-electron chi connectivity index (χ4n) is 1.03. The van der Waals surface area contributed by atoms with E-state index >= 15 is 0 Å². The van der Waals surface area contributed by atoms with Crippen LogP contribution in [0.5, 0.6) is 0 Å². The van der Waals surface area contributed by atoms with Crippen LogP contribution in [0.2, 0.25) is 4.34 Å². The second-order valence-corrected chi connectivity index (χ2v) is 4.58. The SMILES string of the molecule is ClCC1COC(c2ncc(Cl)s2)O1. The van der Waals surface area contributed by atoms with Crippen molar-refractivity contribution in [3.63, 3.8) is 0 Å². The van der Waals surface area contributed by atoms with Crippen molar-refractivity contribution in [2.24, 2.45) is 0 Å². The molecule has 0 aliphatic carbocycles. The third-order valence-electron chi connectivity index (χ3n) is 1.62. The van der Waals surface area contributed by atoms with Crippen LogP contribution < -0.4 is 0 Å². The molecule has 0 saturated carbocycles. The predicted octanol–water partition coefficient (Wildman–Crippen LogP) is 2.45. The summed E-state index contributed by atoms with van der Waals surface area (Å²) in [6, 6.07) is 0. The lowest BCUT2D eigenvalue weighted by Gasteiger charge is -2.05. The summed E-state index contributed by atoms with van der Waals surface area (Å²) < 4.78 is 11.4. The molecule has 3 nitrogen and oxygen atoms in total. The molecule has 13 heavy (non-hydrogen) atoms. The number of hydrogen-bond acceptors (Lipinski definition) is 4. The van der Waals surface area contributed by atoms with E-state index in [1.807, 2.05) is 0 Å². The monoisotopic (exact) mass is 239 g/mol. The molecule has 1 aromatic heterocycles. The van der Waals surface area contributed by atoms with Crippen LogP contribution in [0.15, 0.2) is 6.20 Å². The number of hydrogen-bond donors (Lipinski definition) is 0. The van der Waals surface area contributed by atoms with Crippen molar-refractivity contribution in [3.05, 3.63) is 15.5 Å². The Bertz CT molecular complexity index is 294. The van der Waals surface area contributed by atoms with Crippen LogP contribution in [-0.4, -0.2) is 23.6 Å². The lowest BCUT2D eigenvalue weighted by molar-refractivity contribution is -0.0568. The number of thiazole rings is 1. The molecule has 2 atom stereocenters. The molecule has 2 heterocycles. The fraction of sp³-hybridized carbons (Fsp3) is 0.571. The van der Waals surface area contributed by atoms with Crippen molar-refractivity contribution in [3.8, 4) is 0 Å². The summed E-state index contributed by atoms with van der Waals surface area (Å²) in [4.78, 5) is 4.06. The summed E-state index contributed by atoms with van der Waals surface area (Å²) in [6.45, 7) is 0.519. The molecule has 0 N–H and O–H groups in total. The number of ether oxygens (including phenoxy) is 2. The van der Waals surface area contributed by atoms with E-state index in [1.165, 1.54) is 11.3 Å². The summed E-state index contributed by atoms with van der Waals surface area (Å²) in [5.74, 6) is 0.440. The Morgan fingerprint density at radius 2 is 2.54 bits per heavy atom. The smallest absolute Gasteiger partial charge is 0.211 e. The summed E-state index contributed by atoms with van der Waals surface area (Å²) in [5, 5.41) is 0.748. The van der Waals surface area contributed by atoms with Gasteiger partial charge in [0.05, 0.1) is 24.8 Å². The lowest BCUT2D eigenvalue weighted by Crippen LogP contribution is -2.10. The lowest BCUT2D eigenvalue weighted by atomic mass is 10.4. The van der Waals surface area contributed by atoms with Crippen molar-refractivity contribution in [2.45, 2.75) is 12.4 Å². The number of rotatable bonds is 2. The van der Waals surface area contributed by atoms with Crippen LogP contribution in [0, 0.1) is 0 Å². The Kier molecular flexibility index (Phi) is 3.06. The van der Waals surface area contributed by atoms with E-state index in [-0.39, 0.29) is 12.4 Å². The van der Waals surface area contributed by atoms with Gasteiger partial charge in [-0.2, -0.15) is 0 Å². The zero-order chi connectivity index (χ0) is 9.26. The average molecular weight is 240 g/mol. The molecule has 2 rings (SSSR count). The molecule has 1 aliphatic rings. The molecular formula is C7H7Cl2NO2S. The Morgan fingerprint density at radius 3 is 3.08 bits per heavy atom. The van der Waals surface area contributed by atoms with Gasteiger partial charge in [0.1, 0.15) is 4.34 Å². The second kappa shape index (κ2) is 4.11. The largest absolute Gasteiger partial charge is 0.344 e. The first-order valence-corrected chi connectivity index (χ1v) is 5.46. The minimum Gasteiger partial charge on any atom is -0.344 e. The topological polar surface area (TPSA) is 31.4 Å². The van der Waals surface area contributed by atoms with Crippen molar-refractivity contribution in [1.82, 2.24) is 4.98 Å². The average Bonchev–Trinajstić information content (AvgIpc) is 2.71. The van der Waals surface area contributed by atoms with Crippen LogP contribution in [0.3, 0.4) is 0 Å². The highest BCUT2D eigenvalue weighted by Crippen LogP contribution is 2.31. The summed E-state index contributed by atoms with van der Waals surface area (Å²) in [5.41, 5.74) is 0. The van der Waals surface area contributed by atoms with Crippen molar-refractivity contribution >= 4 is 34.5 Å². The maximum absolute atomic E-state index is 5.73. The van der Waals surface area contributed by atoms with Gasteiger partial charge < -0.3 is 9.47 Å². The maximum Gasteiger partial charge on any atom is 0.211 e. The van der Waals surface area contributed by atoms with Gasteiger partial charge in [0, 0.05) is 0 Å². The number of nitrogens with zero attached hydrogens (tertiary/aromatic N) is 1. The van der Waals surface area contributed by atoms with E-state index < -0.39 is 0 Å². The Hall–Kier alpha value is 0.130. The van der Waals surface area contributed by atoms with Crippen LogP contribution in [-0.2, 0) is 9.47 Å². The normalized spacial score (nSPS) is 28.2. The molecule has 0 spiro atoms. The highest BCUT2D eigenvalue weighted by molar-refractivity contribution is 7.15. The minimum atomic E-state index is -0.388. The third-order valence-corrected chi connectivity index (χ3v) is 3.10. The predicted molar refractivity (Wildman–Crippen MR) is 51.4 cm³/mol. The van der Waals surface area contributed by atoms with Crippen molar-refractivity contribution in [2.75, 3.05) is 12.5 Å². The van der Waals surface area contributed by atoms with Gasteiger partial charge >= 0.3 is 0 Å². The van der Waals surface area contributed by atoms with Gasteiger partial charge in [0.15, 0.2) is 5.01 Å². The first-order chi connectivity index (χ1) is 6.29. The van der Waals surface area contributed by atoms with Gasteiger partial charge in [-0.05, 0) is 0 Å². The Morgan fingerprint density at radius 1 is 1.69 bits per heavy atom. The van der Waals surface area contributed by atoms with Crippen LogP contribution in [0.4, 0.5) is 0 Å². The Balaban J connectivity index is 2.03. The van der Waals surface area contributed by atoms with Gasteiger partial charge in [-0.15, -0.1) is 22.9 Å². The first kappa shape index (κ1) is 9.68. The highest BCUT2D eigenvalue weighted by Gasteiger charge is 2.28. The summed E-state index contributed by atoms with van der Waals surface area (Å²) in [7, 11) is 0. The van der Waals surface area contributed by atoms with Crippen molar-refractivity contribution in [1.29, 1.82) is 0 Å². The van der Waals surface area contributed by atoms with Gasteiger partial charge in [-0.25, -0.2) is 4.98 Å². The van der Waals surface area contributed by atoms with E-state index in [9.17, 15) is 0 Å². The highest BCUT2D eigenvalue weighted by atomic mass is 35.5. The molecule has 0 aromatic carbocycles. The van der Waals surface area contributed by atoms with Crippen LogP contribution >= 0.6 is 34.5 Å². The molecule has 0 bridgehead atoms. The molecule has 72 valence electrons. The van der Waals surface area contributed by atoms with Gasteiger partial charge in [0.25, 0.3) is 0 Å². The molecule has 0 amide bonds. The summed E-state index contributed by atoms with van der Waals surface area (Å²) in [6.07, 6.45) is 1.16. The van der Waals surface area contributed by atoms with Crippen LogP contribution in [0.25, 0.3) is 0 Å². The quantitative estimate of drug-likeness (QED) is 0.744. The standard InChI is InChI=1S/C7H7Cl2NO2S/c8-1-4-3-11-7(12-4)6-10-2-5(9)13-6/h2,4,7H,1,3H2. The van der Waals surface area contributed by atoms with Gasteiger partial charge in [-0.3, -0.25) is 0 Å². The molecule has 1 fully saturated rings. The number of aromatic nitrogens is 1. The molecule has 1 saturated heterocycles. The van der Waals surface area contributed by atoms with Gasteiger partial charge in [-0.1, -0.05) is 11.6 Å². The summed E-state index contributed by atoms with van der Waals surface area (Å²) >= 11 is 12.7. The number of alkyl halides is 1. The minimum absolute atomic E-state index is 0.0330. The zero-order valence-electron chi connectivity index (χ0n) is 6.57. The van der Waals surface area contributed by atoms with E-state index in [0.29, 0.717) is 16.8 Å². The van der Waals surface area contributed by atoms with Crippen LogP contribution in [0.1, 0.15) is 11.3 Å².